The third kappa shape index (κ3) is 5.49. The maximum absolute atomic E-state index is 12.9. The van der Waals surface area contributed by atoms with Crippen LogP contribution < -0.4 is 15.5 Å². The number of fused-ring (bicyclic) bond motifs is 1. The Hall–Kier alpha value is -3.01. The van der Waals surface area contributed by atoms with E-state index in [0.717, 1.165) is 81.5 Å². The Labute approximate surface area is 218 Å². The van der Waals surface area contributed by atoms with Crippen LogP contribution >= 0.6 is 0 Å². The molecule has 3 aliphatic heterocycles. The summed E-state index contributed by atoms with van der Waals surface area (Å²) in [6, 6.07) is 8.28. The normalized spacial score (nSPS) is 22.1. The molecule has 3 fully saturated rings. The van der Waals surface area contributed by atoms with Crippen molar-refractivity contribution < 1.29 is 9.53 Å². The second-order valence-electron chi connectivity index (χ2n) is 10.7. The van der Waals surface area contributed by atoms with Crippen molar-refractivity contribution in [2.45, 2.75) is 56.8 Å². The smallest absolute Gasteiger partial charge is 0.258 e. The molecule has 3 aromatic rings. The average Bonchev–Trinajstić information content (AvgIpc) is 3.55. The quantitative estimate of drug-likeness (QED) is 0.472. The molecule has 1 amide bonds. The molecule has 0 saturated carbocycles. The molecule has 3 saturated heterocycles. The molecule has 3 aromatic heterocycles. The molecule has 196 valence electrons. The number of ether oxygens (including phenoxy) is 1. The predicted molar refractivity (Wildman–Crippen MR) is 145 cm³/mol. The number of rotatable bonds is 6. The van der Waals surface area contributed by atoms with E-state index >= 15 is 0 Å². The highest BCUT2D eigenvalue weighted by Crippen LogP contribution is 2.32. The number of hydrogen-bond donors (Lipinski definition) is 3. The van der Waals surface area contributed by atoms with Crippen LogP contribution in [0.25, 0.3) is 10.9 Å². The van der Waals surface area contributed by atoms with E-state index in [0.29, 0.717) is 29.6 Å². The highest BCUT2D eigenvalue weighted by molar-refractivity contribution is 6.04. The number of anilines is 2. The molecule has 6 heterocycles. The summed E-state index contributed by atoms with van der Waals surface area (Å²) >= 11 is 0. The Bertz CT molecular complexity index is 1210. The molecule has 3 N–H and O–H groups in total. The fourth-order valence-corrected chi connectivity index (χ4v) is 5.92. The molecule has 37 heavy (non-hydrogen) atoms. The van der Waals surface area contributed by atoms with Crippen LogP contribution in [0.5, 0.6) is 0 Å². The molecule has 6 rings (SSSR count). The Morgan fingerprint density at radius 1 is 1.00 bits per heavy atom. The zero-order chi connectivity index (χ0) is 25.2. The van der Waals surface area contributed by atoms with Crippen molar-refractivity contribution in [1.29, 1.82) is 0 Å². The minimum Gasteiger partial charge on any atom is -0.375 e. The van der Waals surface area contributed by atoms with Gasteiger partial charge in [-0.05, 0) is 83.4 Å². The summed E-state index contributed by atoms with van der Waals surface area (Å²) in [4.78, 5) is 30.1. The summed E-state index contributed by atoms with van der Waals surface area (Å²) in [7, 11) is 2.17. The van der Waals surface area contributed by atoms with Crippen molar-refractivity contribution in [3.05, 3.63) is 47.9 Å². The molecule has 0 bridgehead atoms. The molecule has 0 aliphatic carbocycles. The molecule has 0 spiro atoms. The monoisotopic (exact) mass is 503 g/mol. The zero-order valence-corrected chi connectivity index (χ0v) is 21.6. The van der Waals surface area contributed by atoms with Gasteiger partial charge in [0.2, 0.25) is 0 Å². The van der Waals surface area contributed by atoms with Crippen LogP contribution in [-0.2, 0) is 4.74 Å². The number of nitrogens with one attached hydrogen (secondary N) is 3. The highest BCUT2D eigenvalue weighted by Gasteiger charge is 2.25. The highest BCUT2D eigenvalue weighted by atomic mass is 16.5. The Kier molecular flexibility index (Phi) is 7.08. The van der Waals surface area contributed by atoms with Crippen LogP contribution in [-0.4, -0.2) is 77.7 Å². The molecular weight excluding hydrogens is 466 g/mol. The van der Waals surface area contributed by atoms with E-state index in [-0.39, 0.29) is 5.91 Å². The van der Waals surface area contributed by atoms with E-state index in [1.54, 1.807) is 6.20 Å². The van der Waals surface area contributed by atoms with Crippen molar-refractivity contribution >= 4 is 28.4 Å². The van der Waals surface area contributed by atoms with Gasteiger partial charge in [0, 0.05) is 48.7 Å². The lowest BCUT2D eigenvalue weighted by Crippen LogP contribution is -2.41. The minimum absolute atomic E-state index is 0.206. The molecule has 9 nitrogen and oxygen atoms in total. The molecule has 3 aliphatic rings. The number of nitrogens with zero attached hydrogens (tertiary/aromatic N) is 4. The van der Waals surface area contributed by atoms with Crippen LogP contribution in [0.4, 0.5) is 11.6 Å². The molecular formula is C28H37N7O2. The van der Waals surface area contributed by atoms with E-state index in [2.05, 4.69) is 48.5 Å². The van der Waals surface area contributed by atoms with Crippen molar-refractivity contribution in [2.75, 3.05) is 50.0 Å². The predicted octanol–water partition coefficient (Wildman–Crippen LogP) is 3.71. The van der Waals surface area contributed by atoms with Crippen LogP contribution in [0.15, 0.2) is 36.7 Å². The van der Waals surface area contributed by atoms with Crippen molar-refractivity contribution in [1.82, 2.24) is 25.2 Å². The third-order valence-corrected chi connectivity index (χ3v) is 8.09. The second-order valence-corrected chi connectivity index (χ2v) is 10.7. The van der Waals surface area contributed by atoms with Gasteiger partial charge >= 0.3 is 0 Å². The first kappa shape index (κ1) is 24.3. The van der Waals surface area contributed by atoms with Gasteiger partial charge in [-0.15, -0.1) is 0 Å². The number of carbonyl (C=O) groups is 1. The number of pyridine rings is 2. The fraction of sp³-hybridized carbons (Fsp3) is 0.536. The maximum atomic E-state index is 12.9. The van der Waals surface area contributed by atoms with Gasteiger partial charge in [-0.1, -0.05) is 0 Å². The van der Waals surface area contributed by atoms with Crippen LogP contribution in [0.2, 0.25) is 0 Å². The van der Waals surface area contributed by atoms with Gasteiger partial charge in [-0.2, -0.15) is 0 Å². The van der Waals surface area contributed by atoms with Crippen LogP contribution in [0, 0.1) is 0 Å². The number of H-pyrrole nitrogens is 1. The number of aromatic nitrogens is 3. The summed E-state index contributed by atoms with van der Waals surface area (Å²) < 4.78 is 6.33. The fourth-order valence-electron chi connectivity index (χ4n) is 5.92. The van der Waals surface area contributed by atoms with Crippen molar-refractivity contribution in [2.24, 2.45) is 0 Å². The summed E-state index contributed by atoms with van der Waals surface area (Å²) in [6.45, 7) is 5.09. The first-order valence-electron chi connectivity index (χ1n) is 13.7. The number of carbonyl (C=O) groups excluding carboxylic acids is 1. The number of likely N-dealkylation sites (tertiary alicyclic amines) is 1. The first-order valence-corrected chi connectivity index (χ1v) is 13.7. The van der Waals surface area contributed by atoms with Gasteiger partial charge in [0.25, 0.3) is 5.91 Å². The number of amides is 1. The van der Waals surface area contributed by atoms with Gasteiger partial charge in [-0.25, -0.2) is 9.97 Å². The summed E-state index contributed by atoms with van der Waals surface area (Å²) in [5.74, 6) is 1.24. The van der Waals surface area contributed by atoms with E-state index in [9.17, 15) is 4.79 Å². The number of aromatic amines is 1. The lowest BCUT2D eigenvalue weighted by atomic mass is 10.1. The maximum Gasteiger partial charge on any atom is 0.258 e. The summed E-state index contributed by atoms with van der Waals surface area (Å²) in [5, 5.41) is 7.38. The second kappa shape index (κ2) is 10.8. The van der Waals surface area contributed by atoms with E-state index in [4.69, 9.17) is 4.74 Å². The van der Waals surface area contributed by atoms with E-state index in [1.807, 2.05) is 24.4 Å². The number of piperidine rings is 2. The van der Waals surface area contributed by atoms with Crippen LogP contribution in [0.3, 0.4) is 0 Å². The SMILES string of the molecule is CN1CCC[C@@H]1c1cc2cnc(NC(=O)c3ccc(N4CCC(OC5CCNCC5)CC4)nc3)cc2[nH]1. The average molecular weight is 504 g/mol. The van der Waals surface area contributed by atoms with Gasteiger partial charge in [-0.3, -0.25) is 9.69 Å². The van der Waals surface area contributed by atoms with Crippen molar-refractivity contribution in [3.63, 3.8) is 0 Å². The van der Waals surface area contributed by atoms with E-state index in [1.165, 1.54) is 12.1 Å². The van der Waals surface area contributed by atoms with Gasteiger partial charge in [0.1, 0.15) is 11.6 Å². The molecule has 1 atom stereocenters. The Morgan fingerprint density at radius 2 is 1.81 bits per heavy atom. The molecule has 0 radical (unpaired) electrons. The molecule has 0 aromatic carbocycles. The Morgan fingerprint density at radius 3 is 2.54 bits per heavy atom. The largest absolute Gasteiger partial charge is 0.375 e. The molecule has 9 heteroatoms. The van der Waals surface area contributed by atoms with E-state index < -0.39 is 0 Å². The summed E-state index contributed by atoms with van der Waals surface area (Å²) in [5.41, 5.74) is 2.72. The first-order chi connectivity index (χ1) is 18.1. The zero-order valence-electron chi connectivity index (χ0n) is 21.6. The minimum atomic E-state index is -0.206. The lowest BCUT2D eigenvalue weighted by molar-refractivity contribution is -0.0364. The van der Waals surface area contributed by atoms with Gasteiger partial charge in [0.05, 0.1) is 23.3 Å². The Balaban J connectivity index is 1.04. The van der Waals surface area contributed by atoms with Crippen LogP contribution in [0.1, 0.15) is 60.6 Å². The molecule has 0 unspecified atom stereocenters. The van der Waals surface area contributed by atoms with Gasteiger partial charge < -0.3 is 25.3 Å². The topological polar surface area (TPSA) is 98.4 Å². The third-order valence-electron chi connectivity index (χ3n) is 8.09. The standard InChI is InChI=1S/C28H37N7O2/c1-34-12-2-3-25(34)24-15-20-18-30-26(16-23(20)32-24)33-28(36)19-4-5-27(31-17-19)35-13-8-22(9-14-35)37-21-6-10-29-11-7-21/h4-5,15-18,21-22,25,29,32H,2-3,6-14H2,1H3,(H,30,33,36)/t25-/m1/s1. The number of hydrogen-bond acceptors (Lipinski definition) is 7. The van der Waals surface area contributed by atoms with Crippen molar-refractivity contribution in [3.8, 4) is 0 Å². The summed E-state index contributed by atoms with van der Waals surface area (Å²) in [6.07, 6.45) is 10.8. The lowest BCUT2D eigenvalue weighted by Gasteiger charge is -2.35. The van der Waals surface area contributed by atoms with Gasteiger partial charge in [0.15, 0.2) is 0 Å².